The molecule has 4 aromatic rings. The lowest BCUT2D eigenvalue weighted by Crippen LogP contribution is -2.10. The molecule has 0 N–H and O–H groups in total. The van der Waals surface area contributed by atoms with Gasteiger partial charge in [0.25, 0.3) is 0 Å². The fourth-order valence-electron chi connectivity index (χ4n) is 3.18. The maximum absolute atomic E-state index is 5.82. The molecule has 0 unspecified atom stereocenters. The van der Waals surface area contributed by atoms with E-state index < -0.39 is 0 Å². The molecule has 0 fully saturated rings. The molecule has 0 saturated carbocycles. The number of nitrogens with zero attached hydrogens (tertiary/aromatic N) is 3. The summed E-state index contributed by atoms with van der Waals surface area (Å²) in [4.78, 5) is 2.14. The van der Waals surface area contributed by atoms with Gasteiger partial charge in [0.2, 0.25) is 0 Å². The zero-order chi connectivity index (χ0) is 17.2. The molecule has 0 atom stereocenters. The quantitative estimate of drug-likeness (QED) is 0.543. The summed E-state index contributed by atoms with van der Waals surface area (Å²) in [6, 6.07) is 20.8. The molecule has 126 valence electrons. The third-order valence-electron chi connectivity index (χ3n) is 4.28. The average molecular weight is 331 g/mol. The van der Waals surface area contributed by atoms with Gasteiger partial charge in [0, 0.05) is 17.5 Å². The lowest BCUT2D eigenvalue weighted by molar-refractivity contribution is 0.401. The van der Waals surface area contributed by atoms with Gasteiger partial charge >= 0.3 is 0 Å². The van der Waals surface area contributed by atoms with E-state index in [0.717, 1.165) is 41.0 Å². The summed E-state index contributed by atoms with van der Waals surface area (Å²) in [6.07, 6.45) is 1.75. The highest BCUT2D eigenvalue weighted by Gasteiger charge is 2.18. The van der Waals surface area contributed by atoms with E-state index in [2.05, 4.69) is 72.2 Å². The van der Waals surface area contributed by atoms with Gasteiger partial charge in [0.05, 0.1) is 18.3 Å². The van der Waals surface area contributed by atoms with E-state index in [1.54, 1.807) is 6.26 Å². The molecule has 0 spiro atoms. The van der Waals surface area contributed by atoms with E-state index in [9.17, 15) is 0 Å². The van der Waals surface area contributed by atoms with E-state index in [0.29, 0.717) is 0 Å². The van der Waals surface area contributed by atoms with E-state index in [1.165, 1.54) is 5.56 Å². The van der Waals surface area contributed by atoms with Gasteiger partial charge in [0.15, 0.2) is 5.76 Å². The first-order valence-corrected chi connectivity index (χ1v) is 8.43. The van der Waals surface area contributed by atoms with Gasteiger partial charge in [-0.25, -0.2) is 0 Å². The highest BCUT2D eigenvalue weighted by Crippen LogP contribution is 2.31. The molecule has 4 heteroatoms. The Kier molecular flexibility index (Phi) is 4.12. The SMILES string of the molecule is CN(C)Cc1ccoc1-c1nn(Cc2ccccc2)c2ccccc12. The molecule has 0 aliphatic carbocycles. The van der Waals surface area contributed by atoms with Crippen molar-refractivity contribution >= 4 is 10.9 Å². The van der Waals surface area contributed by atoms with Gasteiger partial charge in [-0.3, -0.25) is 4.68 Å². The predicted octanol–water partition coefficient (Wildman–Crippen LogP) is 4.41. The van der Waals surface area contributed by atoms with Gasteiger partial charge in [-0.05, 0) is 31.8 Å². The Hall–Kier alpha value is -2.85. The van der Waals surface area contributed by atoms with Crippen LogP contribution < -0.4 is 0 Å². The summed E-state index contributed by atoms with van der Waals surface area (Å²) < 4.78 is 7.88. The van der Waals surface area contributed by atoms with Gasteiger partial charge < -0.3 is 9.32 Å². The maximum Gasteiger partial charge on any atom is 0.159 e. The Balaban J connectivity index is 1.82. The van der Waals surface area contributed by atoms with Crippen LogP contribution in [-0.2, 0) is 13.1 Å². The summed E-state index contributed by atoms with van der Waals surface area (Å²) in [6.45, 7) is 1.57. The van der Waals surface area contributed by atoms with Crippen LogP contribution in [0.5, 0.6) is 0 Å². The Morgan fingerprint density at radius 1 is 0.960 bits per heavy atom. The smallest absolute Gasteiger partial charge is 0.159 e. The normalized spacial score (nSPS) is 11.5. The number of aromatic nitrogens is 2. The van der Waals surface area contributed by atoms with Gasteiger partial charge in [-0.15, -0.1) is 0 Å². The van der Waals surface area contributed by atoms with Crippen molar-refractivity contribution in [3.05, 3.63) is 78.1 Å². The van der Waals surface area contributed by atoms with Crippen molar-refractivity contribution < 1.29 is 4.42 Å². The van der Waals surface area contributed by atoms with Crippen molar-refractivity contribution in [2.75, 3.05) is 14.1 Å². The third-order valence-corrected chi connectivity index (χ3v) is 4.28. The first-order chi connectivity index (χ1) is 12.2. The first kappa shape index (κ1) is 15.7. The molecule has 0 radical (unpaired) electrons. The minimum absolute atomic E-state index is 0.741. The first-order valence-electron chi connectivity index (χ1n) is 8.43. The van der Waals surface area contributed by atoms with Crippen LogP contribution in [0, 0.1) is 0 Å². The second kappa shape index (κ2) is 6.57. The lowest BCUT2D eigenvalue weighted by Gasteiger charge is -2.08. The highest BCUT2D eigenvalue weighted by atomic mass is 16.3. The van der Waals surface area contributed by atoms with Crippen LogP contribution >= 0.6 is 0 Å². The van der Waals surface area contributed by atoms with E-state index in [-0.39, 0.29) is 0 Å². The minimum Gasteiger partial charge on any atom is -0.462 e. The molecular weight excluding hydrogens is 310 g/mol. The molecular formula is C21H21N3O. The van der Waals surface area contributed by atoms with Crippen LogP contribution in [0.15, 0.2) is 71.3 Å². The Morgan fingerprint density at radius 3 is 2.52 bits per heavy atom. The summed E-state index contributed by atoms with van der Waals surface area (Å²) in [5.74, 6) is 0.858. The molecule has 0 aliphatic heterocycles. The topological polar surface area (TPSA) is 34.2 Å². The zero-order valence-electron chi connectivity index (χ0n) is 14.5. The molecule has 25 heavy (non-hydrogen) atoms. The average Bonchev–Trinajstić information content (AvgIpc) is 3.20. The number of hydrogen-bond donors (Lipinski definition) is 0. The predicted molar refractivity (Wildman–Crippen MR) is 100 cm³/mol. The van der Waals surface area contributed by atoms with Crippen LogP contribution in [0.2, 0.25) is 0 Å². The zero-order valence-corrected chi connectivity index (χ0v) is 14.5. The Labute approximate surface area is 147 Å². The fourth-order valence-corrected chi connectivity index (χ4v) is 3.18. The molecule has 0 aliphatic rings. The van der Waals surface area contributed by atoms with Crippen LogP contribution in [0.1, 0.15) is 11.1 Å². The monoisotopic (exact) mass is 331 g/mol. The van der Waals surface area contributed by atoms with Crippen molar-refractivity contribution in [1.29, 1.82) is 0 Å². The van der Waals surface area contributed by atoms with Crippen molar-refractivity contribution in [3.8, 4) is 11.5 Å². The third kappa shape index (κ3) is 3.08. The Morgan fingerprint density at radius 2 is 1.72 bits per heavy atom. The summed E-state index contributed by atoms with van der Waals surface area (Å²) in [5, 5.41) is 6.02. The standard InChI is InChI=1S/C21H21N3O/c1-23(2)15-17-12-13-25-21(17)20-18-10-6-7-11-19(18)24(22-20)14-16-8-4-3-5-9-16/h3-13H,14-15H2,1-2H3. The fraction of sp³-hybridized carbons (Fsp3) is 0.190. The van der Waals surface area contributed by atoms with Gasteiger partial charge in [-0.2, -0.15) is 5.10 Å². The van der Waals surface area contributed by atoms with E-state index >= 15 is 0 Å². The molecule has 4 nitrogen and oxygen atoms in total. The molecule has 4 rings (SSSR count). The highest BCUT2D eigenvalue weighted by molar-refractivity contribution is 5.92. The van der Waals surface area contributed by atoms with E-state index in [4.69, 9.17) is 9.52 Å². The van der Waals surface area contributed by atoms with Gasteiger partial charge in [-0.1, -0.05) is 48.5 Å². The van der Waals surface area contributed by atoms with Crippen LogP contribution in [0.25, 0.3) is 22.4 Å². The number of benzene rings is 2. The largest absolute Gasteiger partial charge is 0.462 e. The Bertz CT molecular complexity index is 983. The maximum atomic E-state index is 5.82. The number of hydrogen-bond acceptors (Lipinski definition) is 3. The molecule has 2 aromatic carbocycles. The minimum atomic E-state index is 0.741. The number of furan rings is 1. The molecule has 0 bridgehead atoms. The second-order valence-corrected chi connectivity index (χ2v) is 6.52. The molecule has 0 amide bonds. The lowest BCUT2D eigenvalue weighted by atomic mass is 10.1. The van der Waals surface area contributed by atoms with Crippen molar-refractivity contribution in [2.24, 2.45) is 0 Å². The number of fused-ring (bicyclic) bond motifs is 1. The van der Waals surface area contributed by atoms with Crippen LogP contribution in [-0.4, -0.2) is 28.8 Å². The molecule has 2 aromatic heterocycles. The van der Waals surface area contributed by atoms with Crippen LogP contribution in [0.3, 0.4) is 0 Å². The summed E-state index contributed by atoms with van der Waals surface area (Å²) in [7, 11) is 4.12. The van der Waals surface area contributed by atoms with Crippen molar-refractivity contribution in [1.82, 2.24) is 14.7 Å². The molecule has 2 heterocycles. The molecule has 0 saturated heterocycles. The summed E-state index contributed by atoms with van der Waals surface area (Å²) >= 11 is 0. The van der Waals surface area contributed by atoms with Crippen LogP contribution in [0.4, 0.5) is 0 Å². The second-order valence-electron chi connectivity index (χ2n) is 6.52. The van der Waals surface area contributed by atoms with E-state index in [1.807, 2.05) is 12.1 Å². The van der Waals surface area contributed by atoms with Crippen molar-refractivity contribution in [2.45, 2.75) is 13.1 Å². The number of rotatable bonds is 5. The van der Waals surface area contributed by atoms with Crippen molar-refractivity contribution in [3.63, 3.8) is 0 Å². The number of para-hydroxylation sites is 1. The summed E-state index contributed by atoms with van der Waals surface area (Å²) in [5.41, 5.74) is 4.41. The van der Waals surface area contributed by atoms with Gasteiger partial charge in [0.1, 0.15) is 5.69 Å².